The van der Waals surface area contributed by atoms with Crippen LogP contribution in [0.1, 0.15) is 32.4 Å². The first-order chi connectivity index (χ1) is 13.6. The summed E-state index contributed by atoms with van der Waals surface area (Å²) >= 11 is 1.33. The molecule has 0 bridgehead atoms. The van der Waals surface area contributed by atoms with Crippen LogP contribution in [-0.4, -0.2) is 39.2 Å². The van der Waals surface area contributed by atoms with Crippen molar-refractivity contribution in [3.8, 4) is 0 Å². The molecule has 0 saturated heterocycles. The van der Waals surface area contributed by atoms with Crippen LogP contribution in [-0.2, 0) is 4.79 Å². The molecule has 0 aliphatic carbocycles. The molecule has 0 spiro atoms. The van der Waals surface area contributed by atoms with Gasteiger partial charge in [-0.15, -0.1) is 0 Å². The van der Waals surface area contributed by atoms with Gasteiger partial charge in [0.25, 0.3) is 5.56 Å². The number of aromatic nitrogens is 2. The number of rotatable bonds is 7. The minimum absolute atomic E-state index is 0.0521. The third kappa shape index (κ3) is 4.12. The quantitative estimate of drug-likeness (QED) is 0.449. The summed E-state index contributed by atoms with van der Waals surface area (Å²) in [6, 6.07) is 17.1. The van der Waals surface area contributed by atoms with Gasteiger partial charge in [0.1, 0.15) is 0 Å². The minimum Gasteiger partial charge on any atom is -0.343 e. The van der Waals surface area contributed by atoms with Gasteiger partial charge >= 0.3 is 0 Å². The van der Waals surface area contributed by atoms with E-state index < -0.39 is 0 Å². The lowest BCUT2D eigenvalue weighted by Crippen LogP contribution is -2.32. The molecule has 1 heterocycles. The molecule has 3 rings (SSSR count). The Balaban J connectivity index is 2.04. The van der Waals surface area contributed by atoms with Crippen molar-refractivity contribution in [2.24, 2.45) is 0 Å². The van der Waals surface area contributed by atoms with Crippen molar-refractivity contribution in [2.45, 2.75) is 32.0 Å². The van der Waals surface area contributed by atoms with Crippen LogP contribution >= 0.6 is 11.8 Å². The maximum atomic E-state index is 13.3. The Bertz CT molecular complexity index is 1010. The molecule has 2 aromatic carbocycles. The van der Waals surface area contributed by atoms with Gasteiger partial charge in [0.05, 0.1) is 22.7 Å². The normalized spacial score (nSPS) is 12.1. The molecule has 0 fully saturated rings. The van der Waals surface area contributed by atoms with Crippen molar-refractivity contribution in [1.82, 2.24) is 14.5 Å². The molecule has 0 aliphatic rings. The number of carbonyl (C=O) groups excluding carboxylic acids is 1. The third-order valence-electron chi connectivity index (χ3n) is 4.89. The molecule has 0 radical (unpaired) electrons. The lowest BCUT2D eigenvalue weighted by Gasteiger charge is -2.21. The molecule has 1 amide bonds. The molecule has 5 nitrogen and oxygen atoms in total. The second-order valence-corrected chi connectivity index (χ2v) is 7.47. The summed E-state index contributed by atoms with van der Waals surface area (Å²) in [4.78, 5) is 32.2. The first-order valence-corrected chi connectivity index (χ1v) is 10.5. The maximum Gasteiger partial charge on any atom is 0.262 e. The number of fused-ring (bicyclic) bond motifs is 1. The molecule has 28 heavy (non-hydrogen) atoms. The molecule has 1 aromatic heterocycles. The van der Waals surface area contributed by atoms with Crippen molar-refractivity contribution in [3.63, 3.8) is 0 Å². The molecular formula is C22H25N3O2S. The van der Waals surface area contributed by atoms with Crippen molar-refractivity contribution in [1.29, 1.82) is 0 Å². The number of amides is 1. The Morgan fingerprint density at radius 3 is 2.39 bits per heavy atom. The predicted octanol–water partition coefficient (Wildman–Crippen LogP) is 3.97. The average Bonchev–Trinajstić information content (AvgIpc) is 2.73. The van der Waals surface area contributed by atoms with Crippen molar-refractivity contribution in [3.05, 3.63) is 70.5 Å². The van der Waals surface area contributed by atoms with Gasteiger partial charge in [-0.25, -0.2) is 4.98 Å². The topological polar surface area (TPSA) is 55.2 Å². The van der Waals surface area contributed by atoms with Crippen LogP contribution in [0.2, 0.25) is 0 Å². The zero-order valence-corrected chi connectivity index (χ0v) is 17.3. The maximum absolute atomic E-state index is 13.3. The van der Waals surface area contributed by atoms with Crippen LogP contribution in [0.15, 0.2) is 64.5 Å². The SMILES string of the molecule is CCN(CC)C(=O)CSc1nc2ccccc2c(=O)n1[C@@H](C)c1ccccc1. The number of carbonyl (C=O) groups is 1. The van der Waals surface area contributed by atoms with Gasteiger partial charge < -0.3 is 4.90 Å². The van der Waals surface area contributed by atoms with Gasteiger partial charge in [0.15, 0.2) is 5.16 Å². The fourth-order valence-electron chi connectivity index (χ4n) is 3.24. The fraction of sp³-hybridized carbons (Fsp3) is 0.318. The first kappa shape index (κ1) is 20.1. The van der Waals surface area contributed by atoms with E-state index >= 15 is 0 Å². The van der Waals surface area contributed by atoms with Crippen LogP contribution < -0.4 is 5.56 Å². The second kappa shape index (κ2) is 9.06. The largest absolute Gasteiger partial charge is 0.343 e. The van der Waals surface area contributed by atoms with Crippen LogP contribution in [0.25, 0.3) is 10.9 Å². The second-order valence-electron chi connectivity index (χ2n) is 6.53. The highest BCUT2D eigenvalue weighted by atomic mass is 32.2. The van der Waals surface area contributed by atoms with Gasteiger partial charge in [-0.2, -0.15) is 0 Å². The summed E-state index contributed by atoms with van der Waals surface area (Å²) in [6.07, 6.45) is 0. The van der Waals surface area contributed by atoms with Gasteiger partial charge in [-0.1, -0.05) is 54.2 Å². The average molecular weight is 396 g/mol. The van der Waals surface area contributed by atoms with Crippen molar-refractivity contribution in [2.75, 3.05) is 18.8 Å². The van der Waals surface area contributed by atoms with E-state index in [1.807, 2.05) is 69.3 Å². The Morgan fingerprint density at radius 1 is 1.07 bits per heavy atom. The number of thioether (sulfide) groups is 1. The van der Waals surface area contributed by atoms with E-state index in [0.29, 0.717) is 29.1 Å². The highest BCUT2D eigenvalue weighted by molar-refractivity contribution is 7.99. The summed E-state index contributed by atoms with van der Waals surface area (Å²) in [5.41, 5.74) is 1.60. The summed E-state index contributed by atoms with van der Waals surface area (Å²) in [7, 11) is 0. The molecule has 0 unspecified atom stereocenters. The summed E-state index contributed by atoms with van der Waals surface area (Å²) in [6.45, 7) is 7.27. The van der Waals surface area contributed by atoms with Crippen LogP contribution in [0, 0.1) is 0 Å². The monoisotopic (exact) mass is 395 g/mol. The molecular weight excluding hydrogens is 370 g/mol. The number of hydrogen-bond donors (Lipinski definition) is 0. The summed E-state index contributed by atoms with van der Waals surface area (Å²) in [5.74, 6) is 0.310. The lowest BCUT2D eigenvalue weighted by molar-refractivity contribution is -0.127. The summed E-state index contributed by atoms with van der Waals surface area (Å²) in [5, 5.41) is 1.16. The van der Waals surface area contributed by atoms with E-state index in [1.54, 1.807) is 15.5 Å². The van der Waals surface area contributed by atoms with E-state index in [4.69, 9.17) is 4.98 Å². The van der Waals surface area contributed by atoms with E-state index in [9.17, 15) is 9.59 Å². The summed E-state index contributed by atoms with van der Waals surface area (Å²) < 4.78 is 1.71. The highest BCUT2D eigenvalue weighted by Crippen LogP contribution is 2.25. The predicted molar refractivity (Wildman–Crippen MR) is 115 cm³/mol. The van der Waals surface area contributed by atoms with E-state index in [0.717, 1.165) is 5.56 Å². The molecule has 0 N–H and O–H groups in total. The lowest BCUT2D eigenvalue weighted by atomic mass is 10.1. The van der Waals surface area contributed by atoms with Crippen LogP contribution in [0.5, 0.6) is 0 Å². The highest BCUT2D eigenvalue weighted by Gasteiger charge is 2.19. The van der Waals surface area contributed by atoms with Crippen LogP contribution in [0.4, 0.5) is 0 Å². The third-order valence-corrected chi connectivity index (χ3v) is 5.82. The van der Waals surface area contributed by atoms with Gasteiger partial charge in [0, 0.05) is 13.1 Å². The van der Waals surface area contributed by atoms with Crippen LogP contribution in [0.3, 0.4) is 0 Å². The van der Waals surface area contributed by atoms with E-state index in [1.165, 1.54) is 11.8 Å². The van der Waals surface area contributed by atoms with Gasteiger partial charge in [-0.3, -0.25) is 14.2 Å². The zero-order chi connectivity index (χ0) is 20.1. The number of para-hydroxylation sites is 1. The Hall–Kier alpha value is -2.60. The van der Waals surface area contributed by atoms with Gasteiger partial charge in [-0.05, 0) is 38.5 Å². The molecule has 1 atom stereocenters. The van der Waals surface area contributed by atoms with Crippen molar-refractivity contribution < 1.29 is 4.79 Å². The Morgan fingerprint density at radius 2 is 1.71 bits per heavy atom. The molecule has 146 valence electrons. The molecule has 3 aromatic rings. The van der Waals surface area contributed by atoms with Crippen molar-refractivity contribution >= 4 is 28.6 Å². The fourth-order valence-corrected chi connectivity index (χ4v) is 4.22. The number of nitrogens with zero attached hydrogens (tertiary/aromatic N) is 3. The van der Waals surface area contributed by atoms with Gasteiger partial charge in [0.2, 0.25) is 5.91 Å². The zero-order valence-electron chi connectivity index (χ0n) is 16.5. The smallest absolute Gasteiger partial charge is 0.262 e. The van der Waals surface area contributed by atoms with E-state index in [-0.39, 0.29) is 23.3 Å². The minimum atomic E-state index is -0.183. The Labute approximate surface area is 169 Å². The molecule has 6 heteroatoms. The number of benzene rings is 2. The standard InChI is InChI=1S/C22H25N3O2S/c1-4-24(5-2)20(26)15-28-22-23-19-14-10-9-13-18(19)21(27)25(22)16(3)17-11-7-6-8-12-17/h6-14,16H,4-5,15H2,1-3H3/t16-/m0/s1. The molecule has 0 aliphatic heterocycles. The Kier molecular flexibility index (Phi) is 6.52. The number of hydrogen-bond acceptors (Lipinski definition) is 4. The molecule has 0 saturated carbocycles. The first-order valence-electron chi connectivity index (χ1n) is 9.53. The van der Waals surface area contributed by atoms with E-state index in [2.05, 4.69) is 0 Å².